The molecule has 2 aromatic carbocycles. The molecule has 2 aromatic heterocycles. The fourth-order valence-electron chi connectivity index (χ4n) is 3.97. The Hall–Kier alpha value is -5.56. The molecule has 3 heterocycles. The van der Waals surface area contributed by atoms with Gasteiger partial charge in [0.15, 0.2) is 0 Å². The number of anilines is 4. The van der Waals surface area contributed by atoms with Crippen molar-refractivity contribution in [2.24, 2.45) is 0 Å². The Morgan fingerprint density at radius 3 is 0.950 bits per heavy atom. The van der Waals surface area contributed by atoms with E-state index in [1.807, 2.05) is 0 Å². The van der Waals surface area contributed by atoms with Gasteiger partial charge in [-0.2, -0.15) is 10.5 Å². The van der Waals surface area contributed by atoms with E-state index in [9.17, 15) is 16.8 Å². The zero-order chi connectivity index (χ0) is 44.5. The maximum atomic E-state index is 12.0. The molecule has 328 valence electrons. The van der Waals surface area contributed by atoms with Crippen LogP contribution in [0.4, 0.5) is 23.3 Å². The van der Waals surface area contributed by atoms with Gasteiger partial charge < -0.3 is 39.9 Å². The van der Waals surface area contributed by atoms with Crippen LogP contribution in [0.3, 0.4) is 0 Å². The molecule has 0 radical (unpaired) electrons. The molecule has 0 spiro atoms. The minimum atomic E-state index is -3.68. The lowest BCUT2D eigenvalue weighted by atomic mass is 10.3. The van der Waals surface area contributed by atoms with Gasteiger partial charge in [-0.15, -0.1) is 0 Å². The second-order valence-electron chi connectivity index (χ2n) is 11.5. The molecule has 0 amide bonds. The molecular weight excluding hydrogens is 821 g/mol. The number of benzene rings is 2. The van der Waals surface area contributed by atoms with E-state index in [1.54, 1.807) is 38.1 Å². The predicted octanol–water partition coefficient (Wildman–Crippen LogP) is 3.50. The summed E-state index contributed by atoms with van der Waals surface area (Å²) in [6.45, 7) is 13.4. The quantitative estimate of drug-likeness (QED) is 0.202. The Kier molecular flexibility index (Phi) is 27.4. The van der Waals surface area contributed by atoms with Gasteiger partial charge in [0, 0.05) is 49.0 Å². The van der Waals surface area contributed by atoms with Crippen molar-refractivity contribution in [1.29, 1.82) is 10.5 Å². The largest absolute Gasteiger partial charge is 0.399 e. The van der Waals surface area contributed by atoms with E-state index >= 15 is 0 Å². The van der Waals surface area contributed by atoms with Crippen molar-refractivity contribution in [1.82, 2.24) is 19.9 Å². The Morgan fingerprint density at radius 2 is 0.733 bits per heavy atom. The number of ether oxygens (including phenoxy) is 6. The van der Waals surface area contributed by atoms with Crippen molar-refractivity contribution >= 4 is 43.3 Å². The summed E-state index contributed by atoms with van der Waals surface area (Å²) in [7, 11) is -7.35. The van der Waals surface area contributed by atoms with Crippen LogP contribution in [0.1, 0.15) is 25.2 Å². The van der Waals surface area contributed by atoms with E-state index in [4.69, 9.17) is 50.4 Å². The average Bonchev–Trinajstić information content (AvgIpc) is 3.19. The second kappa shape index (κ2) is 31.4. The van der Waals surface area contributed by atoms with Gasteiger partial charge in [-0.1, -0.05) is 0 Å². The molecule has 0 aliphatic carbocycles. The molecule has 1 fully saturated rings. The summed E-state index contributed by atoms with van der Waals surface area (Å²) < 4.78 is 84.5. The minimum Gasteiger partial charge on any atom is -0.399 e. The van der Waals surface area contributed by atoms with E-state index in [0.29, 0.717) is 102 Å². The number of nitrogens with zero attached hydrogens (tertiary/aromatic N) is 6. The Bertz CT molecular complexity index is 1860. The maximum absolute atomic E-state index is 12.0. The van der Waals surface area contributed by atoms with Crippen LogP contribution in [-0.4, -0.2) is 116 Å². The number of aryl methyl sites for hydroxylation is 2. The zero-order valence-electron chi connectivity index (χ0n) is 34.2. The highest BCUT2D eigenvalue weighted by Crippen LogP contribution is 2.16. The molecule has 0 bridgehead atoms. The van der Waals surface area contributed by atoms with Gasteiger partial charge in [0.25, 0.3) is 20.0 Å². The molecule has 60 heavy (non-hydrogen) atoms. The summed E-state index contributed by atoms with van der Waals surface area (Å²) in [5.41, 5.74) is 13.4. The zero-order valence-corrected chi connectivity index (χ0v) is 35.8. The van der Waals surface area contributed by atoms with Crippen LogP contribution in [0.2, 0.25) is 0 Å². The summed E-state index contributed by atoms with van der Waals surface area (Å²) in [6, 6.07) is 18.6. The third-order valence-electron chi connectivity index (χ3n) is 6.65. The van der Waals surface area contributed by atoms with Gasteiger partial charge >= 0.3 is 0 Å². The van der Waals surface area contributed by atoms with Crippen molar-refractivity contribution in [2.45, 2.75) is 37.5 Å². The normalized spacial score (nSPS) is 14.2. The molecule has 1 aliphatic rings. The predicted molar refractivity (Wildman–Crippen MR) is 224 cm³/mol. The van der Waals surface area contributed by atoms with Crippen molar-refractivity contribution in [3.05, 3.63) is 84.4 Å². The third kappa shape index (κ3) is 25.0. The van der Waals surface area contributed by atoms with E-state index in [-0.39, 0.29) is 21.7 Å². The van der Waals surface area contributed by atoms with Crippen LogP contribution in [-0.2, 0) is 48.5 Å². The summed E-state index contributed by atoms with van der Waals surface area (Å²) in [6.07, 6.45) is 2.98. The number of nitrogen functional groups attached to an aromatic ring is 2. The van der Waals surface area contributed by atoms with E-state index in [2.05, 4.69) is 29.4 Å². The number of aromatic nitrogens is 4. The molecule has 0 unspecified atom stereocenters. The molecule has 20 nitrogen and oxygen atoms in total. The van der Waals surface area contributed by atoms with Crippen LogP contribution in [0.15, 0.2) is 82.8 Å². The third-order valence-corrected chi connectivity index (χ3v) is 9.34. The number of sulfonamides is 2. The van der Waals surface area contributed by atoms with Crippen molar-refractivity contribution in [3.8, 4) is 12.1 Å². The van der Waals surface area contributed by atoms with E-state index in [1.165, 1.54) is 74.8 Å². The fourth-order valence-corrected chi connectivity index (χ4v) is 5.87. The SMILES string of the molecule is C1COCCOCCOCCOCCOCCO1.CC#N.CC#N.Cc1ccnc(NS(=O)(=O)c2ccc(N)cc2)n1.Cc1ccnc(NS(=O)(=O)c2ccc(N)cc2)n1. The lowest BCUT2D eigenvalue weighted by molar-refractivity contribution is -0.0334. The van der Waals surface area contributed by atoms with Gasteiger partial charge in [-0.05, 0) is 74.5 Å². The Morgan fingerprint density at radius 1 is 0.500 bits per heavy atom. The molecular formula is C38H54N10O10S2. The van der Waals surface area contributed by atoms with Gasteiger partial charge in [-0.25, -0.2) is 46.2 Å². The van der Waals surface area contributed by atoms with Gasteiger partial charge in [0.05, 0.1) is 101 Å². The first kappa shape index (κ1) is 52.5. The molecule has 4 aromatic rings. The summed E-state index contributed by atoms with van der Waals surface area (Å²) in [5, 5.41) is 14.6. The van der Waals surface area contributed by atoms with Crippen LogP contribution < -0.4 is 20.9 Å². The van der Waals surface area contributed by atoms with Gasteiger partial charge in [0.2, 0.25) is 11.9 Å². The average molecular weight is 875 g/mol. The monoisotopic (exact) mass is 874 g/mol. The van der Waals surface area contributed by atoms with Gasteiger partial charge in [0.1, 0.15) is 0 Å². The molecule has 0 saturated carbocycles. The smallest absolute Gasteiger partial charge is 0.264 e. The molecule has 6 N–H and O–H groups in total. The fraction of sp³-hybridized carbons (Fsp3) is 0.421. The first-order valence-corrected chi connectivity index (χ1v) is 21.2. The molecule has 1 saturated heterocycles. The maximum Gasteiger partial charge on any atom is 0.264 e. The van der Waals surface area contributed by atoms with Crippen LogP contribution >= 0.6 is 0 Å². The molecule has 1 aliphatic heterocycles. The first-order valence-electron chi connectivity index (χ1n) is 18.2. The molecule has 0 atom stereocenters. The number of nitrogens with one attached hydrogen (secondary N) is 2. The lowest BCUT2D eigenvalue weighted by Crippen LogP contribution is -2.16. The van der Waals surface area contributed by atoms with Crippen molar-refractivity contribution < 1.29 is 45.3 Å². The number of hydrogen-bond donors (Lipinski definition) is 4. The van der Waals surface area contributed by atoms with Crippen LogP contribution in [0.5, 0.6) is 0 Å². The van der Waals surface area contributed by atoms with Crippen LogP contribution in [0.25, 0.3) is 0 Å². The minimum absolute atomic E-state index is 0.0480. The second-order valence-corrected chi connectivity index (χ2v) is 14.9. The summed E-state index contributed by atoms with van der Waals surface area (Å²) in [4.78, 5) is 15.9. The first-order chi connectivity index (χ1) is 28.8. The summed E-state index contributed by atoms with van der Waals surface area (Å²) >= 11 is 0. The summed E-state index contributed by atoms with van der Waals surface area (Å²) in [5.74, 6) is 0.0960. The highest BCUT2D eigenvalue weighted by atomic mass is 32.2. The Labute approximate surface area is 352 Å². The topological polar surface area (TPSA) is 299 Å². The van der Waals surface area contributed by atoms with Crippen LogP contribution in [0, 0.1) is 36.5 Å². The Balaban J connectivity index is 0.000000421. The highest BCUT2D eigenvalue weighted by molar-refractivity contribution is 7.93. The number of hydrogen-bond acceptors (Lipinski definition) is 18. The lowest BCUT2D eigenvalue weighted by Gasteiger charge is -2.09. The standard InChI is InChI=1S/C12H24O6.2C11H12N4O2S.2C2H3N/c1-2-14-5-6-16-9-10-18-12-11-17-8-7-15-4-3-13-1;2*1-8-6-7-13-11(14-8)15-18(16,17)10-4-2-9(12)3-5-10;2*1-2-3/h1-12H2;2*2-7H,12H2,1H3,(H,13,14,15);2*1H3. The van der Waals surface area contributed by atoms with Crippen molar-refractivity contribution in [3.63, 3.8) is 0 Å². The highest BCUT2D eigenvalue weighted by Gasteiger charge is 2.16. The molecule has 5 rings (SSSR count). The van der Waals surface area contributed by atoms with Crippen molar-refractivity contribution in [2.75, 3.05) is 100 Å². The van der Waals surface area contributed by atoms with E-state index < -0.39 is 20.0 Å². The number of nitrogens with two attached hydrogens (primary N) is 2. The number of rotatable bonds is 6. The van der Waals surface area contributed by atoms with E-state index in [0.717, 1.165) is 0 Å². The molecule has 22 heteroatoms. The number of nitriles is 2. The van der Waals surface area contributed by atoms with Gasteiger partial charge in [-0.3, -0.25) is 0 Å².